The number of aromatic nitrogens is 5. The van der Waals surface area contributed by atoms with E-state index in [9.17, 15) is 0 Å². The molecule has 0 amide bonds. The molecule has 0 aliphatic carbocycles. The van der Waals surface area contributed by atoms with Gasteiger partial charge < -0.3 is 0 Å². The van der Waals surface area contributed by atoms with Crippen LogP contribution in [-0.4, -0.2) is 24.5 Å². The van der Waals surface area contributed by atoms with Crippen molar-refractivity contribution < 1.29 is 0 Å². The lowest BCUT2D eigenvalue weighted by molar-refractivity contribution is 0.616. The summed E-state index contributed by atoms with van der Waals surface area (Å²) in [6, 6.07) is 1.87. The molecule has 7 heteroatoms. The Hall–Kier alpha value is -1.87. The molecule has 0 fully saturated rings. The molecule has 0 aliphatic heterocycles. The van der Waals surface area contributed by atoms with Crippen LogP contribution in [0.1, 0.15) is 17.2 Å². The predicted octanol–water partition coefficient (Wildman–Crippen LogP) is 0.893. The lowest BCUT2D eigenvalue weighted by Crippen LogP contribution is -2.06. The predicted molar refractivity (Wildman–Crippen MR) is 56.8 cm³/mol. The van der Waals surface area contributed by atoms with Gasteiger partial charge in [-0.05, 0) is 6.92 Å². The molecule has 2 heterocycles. The van der Waals surface area contributed by atoms with E-state index in [1.165, 1.54) is 6.33 Å². The molecule has 16 heavy (non-hydrogen) atoms. The maximum Gasteiger partial charge on any atom is 0.252 e. The Labute approximate surface area is 97.1 Å². The molecule has 0 saturated carbocycles. The summed E-state index contributed by atoms with van der Waals surface area (Å²) in [6.45, 7) is 2.29. The standard InChI is InChI=1S/C9H9ClN6/c1-6-9(10)7(15(2)13-6)4-16-5-12-8(3-11)14-16/h5H,4H2,1-2H3. The highest BCUT2D eigenvalue weighted by atomic mass is 35.5. The zero-order chi connectivity index (χ0) is 11.7. The van der Waals surface area contributed by atoms with E-state index in [1.54, 1.807) is 9.36 Å². The van der Waals surface area contributed by atoms with Crippen LogP contribution in [0.25, 0.3) is 0 Å². The summed E-state index contributed by atoms with van der Waals surface area (Å²) in [7, 11) is 1.82. The number of hydrogen-bond donors (Lipinski definition) is 0. The number of halogens is 1. The zero-order valence-electron chi connectivity index (χ0n) is 8.85. The van der Waals surface area contributed by atoms with Crippen LogP contribution in [0, 0.1) is 18.3 Å². The van der Waals surface area contributed by atoms with Gasteiger partial charge in [-0.25, -0.2) is 9.67 Å². The third-order valence-corrected chi connectivity index (χ3v) is 2.70. The lowest BCUT2D eigenvalue weighted by atomic mass is 10.3. The summed E-state index contributed by atoms with van der Waals surface area (Å²) < 4.78 is 3.26. The molecule has 0 atom stereocenters. The fourth-order valence-electron chi connectivity index (χ4n) is 1.43. The topological polar surface area (TPSA) is 72.3 Å². The molecule has 0 radical (unpaired) electrons. The molecule has 0 spiro atoms. The first-order chi connectivity index (χ1) is 7.61. The van der Waals surface area contributed by atoms with Crippen molar-refractivity contribution in [2.75, 3.05) is 0 Å². The Bertz CT molecular complexity index is 561. The van der Waals surface area contributed by atoms with Crippen LogP contribution < -0.4 is 0 Å². The second-order valence-electron chi connectivity index (χ2n) is 3.35. The third kappa shape index (κ3) is 1.77. The van der Waals surface area contributed by atoms with Crippen molar-refractivity contribution >= 4 is 11.6 Å². The van der Waals surface area contributed by atoms with Gasteiger partial charge >= 0.3 is 0 Å². The first-order valence-electron chi connectivity index (χ1n) is 4.59. The molecule has 0 bridgehead atoms. The molecule has 0 unspecified atom stereocenters. The van der Waals surface area contributed by atoms with Crippen LogP contribution in [0.5, 0.6) is 0 Å². The van der Waals surface area contributed by atoms with Gasteiger partial charge in [0.05, 0.1) is 23.0 Å². The Kier molecular flexibility index (Phi) is 2.62. The van der Waals surface area contributed by atoms with E-state index < -0.39 is 0 Å². The molecule has 6 nitrogen and oxygen atoms in total. The number of rotatable bonds is 2. The van der Waals surface area contributed by atoms with E-state index in [0.717, 1.165) is 11.4 Å². The molecular weight excluding hydrogens is 228 g/mol. The summed E-state index contributed by atoms with van der Waals surface area (Å²) in [4.78, 5) is 3.81. The van der Waals surface area contributed by atoms with Crippen molar-refractivity contribution in [3.8, 4) is 6.07 Å². The summed E-state index contributed by atoms with van der Waals surface area (Å²) >= 11 is 6.09. The number of nitriles is 1. The summed E-state index contributed by atoms with van der Waals surface area (Å²) in [5, 5.41) is 17.4. The highest BCUT2D eigenvalue weighted by Crippen LogP contribution is 2.19. The Morgan fingerprint density at radius 3 is 2.75 bits per heavy atom. The SMILES string of the molecule is Cc1nn(C)c(Cn2cnc(C#N)n2)c1Cl. The van der Waals surface area contributed by atoms with E-state index in [0.29, 0.717) is 11.6 Å². The van der Waals surface area contributed by atoms with Gasteiger partial charge in [0.2, 0.25) is 0 Å². The van der Waals surface area contributed by atoms with E-state index in [2.05, 4.69) is 15.2 Å². The van der Waals surface area contributed by atoms with Crippen LogP contribution in [0.3, 0.4) is 0 Å². The first-order valence-corrected chi connectivity index (χ1v) is 4.97. The average molecular weight is 237 g/mol. The van der Waals surface area contributed by atoms with Gasteiger partial charge in [0, 0.05) is 7.05 Å². The normalized spacial score (nSPS) is 10.4. The first kappa shape index (κ1) is 10.6. The molecule has 82 valence electrons. The Morgan fingerprint density at radius 1 is 1.50 bits per heavy atom. The van der Waals surface area contributed by atoms with Gasteiger partial charge in [-0.1, -0.05) is 11.6 Å². The third-order valence-electron chi connectivity index (χ3n) is 2.21. The van der Waals surface area contributed by atoms with E-state index in [1.807, 2.05) is 20.0 Å². The lowest BCUT2D eigenvalue weighted by Gasteiger charge is -2.01. The molecule has 0 saturated heterocycles. The summed E-state index contributed by atoms with van der Waals surface area (Å²) in [6.07, 6.45) is 1.50. The fraction of sp³-hybridized carbons (Fsp3) is 0.333. The van der Waals surface area contributed by atoms with Crippen molar-refractivity contribution in [3.05, 3.63) is 28.6 Å². The van der Waals surface area contributed by atoms with Crippen molar-refractivity contribution in [2.45, 2.75) is 13.5 Å². The zero-order valence-corrected chi connectivity index (χ0v) is 9.60. The van der Waals surface area contributed by atoms with Crippen LogP contribution in [0.15, 0.2) is 6.33 Å². The summed E-state index contributed by atoms with van der Waals surface area (Å²) in [5.41, 5.74) is 1.62. The molecule has 0 aromatic carbocycles. The van der Waals surface area contributed by atoms with E-state index >= 15 is 0 Å². The van der Waals surface area contributed by atoms with Gasteiger partial charge in [0.1, 0.15) is 12.4 Å². The highest BCUT2D eigenvalue weighted by Gasteiger charge is 2.12. The quantitative estimate of drug-likeness (QED) is 0.777. The molecular formula is C9H9ClN6. The summed E-state index contributed by atoms with van der Waals surface area (Å²) in [5.74, 6) is 0.148. The van der Waals surface area contributed by atoms with Gasteiger partial charge in [0.15, 0.2) is 0 Å². The van der Waals surface area contributed by atoms with Crippen LogP contribution >= 0.6 is 11.6 Å². The molecule has 2 aromatic heterocycles. The number of hydrogen-bond acceptors (Lipinski definition) is 4. The van der Waals surface area contributed by atoms with Crippen molar-refractivity contribution in [2.24, 2.45) is 7.05 Å². The second-order valence-corrected chi connectivity index (χ2v) is 3.73. The van der Waals surface area contributed by atoms with Gasteiger partial charge in [0.25, 0.3) is 5.82 Å². The molecule has 0 aliphatic rings. The highest BCUT2D eigenvalue weighted by molar-refractivity contribution is 6.31. The smallest absolute Gasteiger partial charge is 0.252 e. The van der Waals surface area contributed by atoms with Gasteiger partial charge in [-0.3, -0.25) is 4.68 Å². The fourth-order valence-corrected chi connectivity index (χ4v) is 1.65. The minimum absolute atomic E-state index is 0.148. The minimum atomic E-state index is 0.148. The molecule has 0 N–H and O–H groups in total. The number of nitrogens with zero attached hydrogens (tertiary/aromatic N) is 6. The largest absolute Gasteiger partial charge is 0.269 e. The second kappa shape index (κ2) is 3.94. The van der Waals surface area contributed by atoms with E-state index in [4.69, 9.17) is 16.9 Å². The maximum atomic E-state index is 8.60. The van der Waals surface area contributed by atoms with Crippen molar-refractivity contribution in [1.29, 1.82) is 5.26 Å². The van der Waals surface area contributed by atoms with Crippen molar-refractivity contribution in [3.63, 3.8) is 0 Å². The minimum Gasteiger partial charge on any atom is -0.269 e. The average Bonchev–Trinajstić information content (AvgIpc) is 2.80. The van der Waals surface area contributed by atoms with Gasteiger partial charge in [-0.15, -0.1) is 5.10 Å². The maximum absolute atomic E-state index is 8.60. The monoisotopic (exact) mass is 236 g/mol. The Morgan fingerprint density at radius 2 is 2.25 bits per heavy atom. The van der Waals surface area contributed by atoms with Crippen LogP contribution in [0.4, 0.5) is 0 Å². The molecule has 2 rings (SSSR count). The van der Waals surface area contributed by atoms with Crippen LogP contribution in [-0.2, 0) is 13.6 Å². The van der Waals surface area contributed by atoms with E-state index in [-0.39, 0.29) is 5.82 Å². The Balaban J connectivity index is 2.30. The number of aryl methyl sites for hydroxylation is 2. The molecule has 2 aromatic rings. The van der Waals surface area contributed by atoms with Gasteiger partial charge in [-0.2, -0.15) is 10.4 Å². The van der Waals surface area contributed by atoms with Crippen molar-refractivity contribution in [1.82, 2.24) is 24.5 Å². The van der Waals surface area contributed by atoms with Crippen LogP contribution in [0.2, 0.25) is 5.02 Å².